The number of likely N-dealkylation sites (N-methyl/N-ethyl adjacent to an activating group) is 1. The van der Waals surface area contributed by atoms with Crippen molar-refractivity contribution in [2.45, 2.75) is 13.5 Å². The van der Waals surface area contributed by atoms with Crippen LogP contribution in [0.15, 0.2) is 42.5 Å². The van der Waals surface area contributed by atoms with Crippen LogP contribution in [-0.4, -0.2) is 40.3 Å². The number of benzene rings is 2. The Balaban J connectivity index is 1.97. The van der Waals surface area contributed by atoms with E-state index in [4.69, 9.17) is 14.2 Å². The fourth-order valence-corrected chi connectivity index (χ4v) is 2.71. The third kappa shape index (κ3) is 5.39. The van der Waals surface area contributed by atoms with E-state index in [-0.39, 0.29) is 5.91 Å². The molecule has 6 heteroatoms. The standard InChI is InChI=1S/C20H26N2O4/c1-5-26-18-9-7-6-8-17(18)21-20(23)14-22(2)13-15-10-11-16(24-3)12-19(15)25-4/h6-12H,5,13-14H2,1-4H3,(H,21,23)/p+1. The number of anilines is 1. The first-order chi connectivity index (χ1) is 12.6. The van der Waals surface area contributed by atoms with E-state index in [0.717, 1.165) is 22.0 Å². The summed E-state index contributed by atoms with van der Waals surface area (Å²) in [5.74, 6) is 2.11. The number of amides is 1. The van der Waals surface area contributed by atoms with Gasteiger partial charge in [0.2, 0.25) is 0 Å². The van der Waals surface area contributed by atoms with Crippen LogP contribution >= 0.6 is 0 Å². The van der Waals surface area contributed by atoms with E-state index in [1.807, 2.05) is 56.4 Å². The number of hydrogen-bond donors (Lipinski definition) is 2. The number of ether oxygens (including phenoxy) is 3. The molecule has 0 aliphatic carbocycles. The number of carbonyl (C=O) groups is 1. The van der Waals surface area contributed by atoms with Crippen LogP contribution < -0.4 is 24.4 Å². The highest BCUT2D eigenvalue weighted by molar-refractivity contribution is 5.92. The van der Waals surface area contributed by atoms with E-state index >= 15 is 0 Å². The van der Waals surface area contributed by atoms with Gasteiger partial charge in [-0.2, -0.15) is 0 Å². The van der Waals surface area contributed by atoms with E-state index in [1.54, 1.807) is 14.2 Å². The second kappa shape index (κ2) is 9.68. The van der Waals surface area contributed by atoms with Gasteiger partial charge in [0.1, 0.15) is 23.8 Å². The molecule has 0 spiro atoms. The first kappa shape index (κ1) is 19.6. The molecule has 0 radical (unpaired) electrons. The van der Waals surface area contributed by atoms with Crippen molar-refractivity contribution in [1.29, 1.82) is 0 Å². The Morgan fingerprint density at radius 3 is 2.54 bits per heavy atom. The van der Waals surface area contributed by atoms with Gasteiger partial charge in [0.15, 0.2) is 6.54 Å². The summed E-state index contributed by atoms with van der Waals surface area (Å²) in [4.78, 5) is 13.4. The first-order valence-corrected chi connectivity index (χ1v) is 8.61. The average Bonchev–Trinajstić information content (AvgIpc) is 2.63. The molecule has 0 fully saturated rings. The minimum absolute atomic E-state index is 0.0675. The zero-order valence-corrected chi connectivity index (χ0v) is 15.8. The molecule has 0 aliphatic rings. The van der Waals surface area contributed by atoms with Gasteiger partial charge in [-0.15, -0.1) is 0 Å². The highest BCUT2D eigenvalue weighted by Gasteiger charge is 2.15. The maximum absolute atomic E-state index is 12.4. The zero-order valence-electron chi connectivity index (χ0n) is 15.8. The van der Waals surface area contributed by atoms with Gasteiger partial charge in [-0.25, -0.2) is 0 Å². The summed E-state index contributed by atoms with van der Waals surface area (Å²) in [6.45, 7) is 3.46. The summed E-state index contributed by atoms with van der Waals surface area (Å²) >= 11 is 0. The van der Waals surface area contributed by atoms with Gasteiger partial charge in [-0.3, -0.25) is 4.79 Å². The van der Waals surface area contributed by atoms with E-state index in [1.165, 1.54) is 0 Å². The highest BCUT2D eigenvalue weighted by atomic mass is 16.5. The number of quaternary nitrogens is 1. The molecule has 0 aromatic heterocycles. The Morgan fingerprint density at radius 2 is 1.85 bits per heavy atom. The Morgan fingerprint density at radius 1 is 1.08 bits per heavy atom. The normalized spacial score (nSPS) is 11.5. The number of rotatable bonds is 9. The average molecular weight is 359 g/mol. The first-order valence-electron chi connectivity index (χ1n) is 8.61. The van der Waals surface area contributed by atoms with Crippen molar-refractivity contribution in [2.75, 3.05) is 39.7 Å². The zero-order chi connectivity index (χ0) is 18.9. The predicted octanol–water partition coefficient (Wildman–Crippen LogP) is 1.76. The van der Waals surface area contributed by atoms with Gasteiger partial charge < -0.3 is 24.4 Å². The molecule has 0 heterocycles. The lowest BCUT2D eigenvalue weighted by molar-refractivity contribution is -0.885. The van der Waals surface area contributed by atoms with Crippen molar-refractivity contribution in [3.8, 4) is 17.2 Å². The molecule has 2 N–H and O–H groups in total. The molecule has 0 saturated heterocycles. The van der Waals surface area contributed by atoms with Crippen LogP contribution in [0.2, 0.25) is 0 Å². The third-order valence-electron chi connectivity index (χ3n) is 3.91. The van der Waals surface area contributed by atoms with Crippen molar-refractivity contribution >= 4 is 11.6 Å². The minimum Gasteiger partial charge on any atom is -0.497 e. The second-order valence-corrected chi connectivity index (χ2v) is 5.97. The Bertz CT molecular complexity index is 734. The smallest absolute Gasteiger partial charge is 0.279 e. The minimum atomic E-state index is -0.0675. The van der Waals surface area contributed by atoms with Gasteiger partial charge in [0, 0.05) is 11.6 Å². The number of hydrogen-bond acceptors (Lipinski definition) is 4. The number of nitrogens with one attached hydrogen (secondary N) is 2. The number of methoxy groups -OCH3 is 2. The molecule has 1 amide bonds. The van der Waals surface area contributed by atoms with Gasteiger partial charge in [-0.1, -0.05) is 12.1 Å². The molecule has 6 nitrogen and oxygen atoms in total. The molecule has 2 aromatic carbocycles. The van der Waals surface area contributed by atoms with E-state index in [2.05, 4.69) is 5.32 Å². The lowest BCUT2D eigenvalue weighted by Crippen LogP contribution is -3.08. The van der Waals surface area contributed by atoms with Crippen LogP contribution in [0.25, 0.3) is 0 Å². The summed E-state index contributed by atoms with van der Waals surface area (Å²) in [5.41, 5.74) is 1.71. The predicted molar refractivity (Wildman–Crippen MR) is 101 cm³/mol. The Kier molecular flexibility index (Phi) is 7.29. The van der Waals surface area contributed by atoms with Gasteiger partial charge in [0.25, 0.3) is 5.91 Å². The maximum Gasteiger partial charge on any atom is 0.279 e. The Labute approximate surface area is 154 Å². The molecule has 26 heavy (non-hydrogen) atoms. The van der Waals surface area contributed by atoms with Crippen molar-refractivity contribution in [1.82, 2.24) is 0 Å². The van der Waals surface area contributed by atoms with Gasteiger partial charge in [-0.05, 0) is 31.2 Å². The van der Waals surface area contributed by atoms with Gasteiger partial charge in [0.05, 0.1) is 33.6 Å². The molecule has 1 atom stereocenters. The number of para-hydroxylation sites is 2. The van der Waals surface area contributed by atoms with Crippen LogP contribution in [0.4, 0.5) is 5.69 Å². The van der Waals surface area contributed by atoms with Crippen molar-refractivity contribution in [3.05, 3.63) is 48.0 Å². The van der Waals surface area contributed by atoms with Gasteiger partial charge >= 0.3 is 0 Å². The molecule has 0 saturated carbocycles. The van der Waals surface area contributed by atoms with Crippen LogP contribution in [0.5, 0.6) is 17.2 Å². The molecule has 1 unspecified atom stereocenters. The Hall–Kier alpha value is -2.73. The molecular weight excluding hydrogens is 332 g/mol. The highest BCUT2D eigenvalue weighted by Crippen LogP contribution is 2.24. The summed E-state index contributed by atoms with van der Waals surface area (Å²) in [6.07, 6.45) is 0. The van der Waals surface area contributed by atoms with Crippen LogP contribution in [0.1, 0.15) is 12.5 Å². The number of carbonyl (C=O) groups excluding carboxylic acids is 1. The SMILES string of the molecule is CCOc1ccccc1NC(=O)C[NH+](C)Cc1ccc(OC)cc1OC. The second-order valence-electron chi connectivity index (χ2n) is 5.97. The topological polar surface area (TPSA) is 61.2 Å². The quantitative estimate of drug-likeness (QED) is 0.716. The summed E-state index contributed by atoms with van der Waals surface area (Å²) in [7, 11) is 5.22. The van der Waals surface area contributed by atoms with Crippen LogP contribution in [0.3, 0.4) is 0 Å². The largest absolute Gasteiger partial charge is 0.497 e. The van der Waals surface area contributed by atoms with Crippen molar-refractivity contribution < 1.29 is 23.9 Å². The lowest BCUT2D eigenvalue weighted by Gasteiger charge is -2.17. The molecule has 2 aromatic rings. The fourth-order valence-electron chi connectivity index (χ4n) is 2.71. The van der Waals surface area contributed by atoms with E-state index < -0.39 is 0 Å². The van der Waals surface area contributed by atoms with Crippen LogP contribution in [-0.2, 0) is 11.3 Å². The fraction of sp³-hybridized carbons (Fsp3) is 0.350. The summed E-state index contributed by atoms with van der Waals surface area (Å²) < 4.78 is 16.2. The molecule has 140 valence electrons. The van der Waals surface area contributed by atoms with Crippen LogP contribution in [0, 0.1) is 0 Å². The molecule has 0 bridgehead atoms. The van der Waals surface area contributed by atoms with Crippen molar-refractivity contribution in [2.24, 2.45) is 0 Å². The molecule has 2 rings (SSSR count). The van der Waals surface area contributed by atoms with E-state index in [0.29, 0.717) is 31.1 Å². The monoisotopic (exact) mass is 359 g/mol. The summed E-state index contributed by atoms with van der Waals surface area (Å²) in [6, 6.07) is 13.1. The lowest BCUT2D eigenvalue weighted by atomic mass is 10.2. The van der Waals surface area contributed by atoms with E-state index in [9.17, 15) is 4.79 Å². The third-order valence-corrected chi connectivity index (χ3v) is 3.91. The molecule has 0 aliphatic heterocycles. The molecular formula is C20H27N2O4+. The van der Waals surface area contributed by atoms with Crippen molar-refractivity contribution in [3.63, 3.8) is 0 Å². The maximum atomic E-state index is 12.4. The summed E-state index contributed by atoms with van der Waals surface area (Å²) in [5, 5.41) is 2.92.